The number of benzene rings is 3. The SMILES string of the molecule is Cc1cccc(Oc2ccc(NC(=O)Cc3ccccc3[N+](=O)[O-])cc2)c1. The van der Waals surface area contributed by atoms with Gasteiger partial charge in [0.1, 0.15) is 11.5 Å². The lowest BCUT2D eigenvalue weighted by molar-refractivity contribution is -0.385. The van der Waals surface area contributed by atoms with Crippen LogP contribution in [0.15, 0.2) is 72.8 Å². The Labute approximate surface area is 156 Å². The fourth-order valence-corrected chi connectivity index (χ4v) is 2.64. The Bertz CT molecular complexity index is 968. The van der Waals surface area contributed by atoms with Gasteiger partial charge in [-0.2, -0.15) is 0 Å². The Kier molecular flexibility index (Phi) is 5.47. The summed E-state index contributed by atoms with van der Waals surface area (Å²) < 4.78 is 5.77. The number of nitro groups is 1. The molecule has 3 aromatic rings. The molecule has 136 valence electrons. The Balaban J connectivity index is 1.63. The van der Waals surface area contributed by atoms with Crippen molar-refractivity contribution in [3.8, 4) is 11.5 Å². The first-order valence-electron chi connectivity index (χ1n) is 8.38. The highest BCUT2D eigenvalue weighted by Gasteiger charge is 2.15. The summed E-state index contributed by atoms with van der Waals surface area (Å²) >= 11 is 0. The van der Waals surface area contributed by atoms with E-state index in [2.05, 4.69) is 5.32 Å². The summed E-state index contributed by atoms with van der Waals surface area (Å²) in [4.78, 5) is 22.7. The zero-order valence-corrected chi connectivity index (χ0v) is 14.7. The second-order valence-corrected chi connectivity index (χ2v) is 6.05. The normalized spacial score (nSPS) is 10.3. The second kappa shape index (κ2) is 8.14. The maximum absolute atomic E-state index is 12.2. The molecule has 0 saturated heterocycles. The quantitative estimate of drug-likeness (QED) is 0.501. The first kappa shape index (κ1) is 18.1. The molecular formula is C21H18N2O4. The number of nitrogens with zero attached hydrogens (tertiary/aromatic N) is 1. The monoisotopic (exact) mass is 362 g/mol. The van der Waals surface area contributed by atoms with Crippen LogP contribution in [0.3, 0.4) is 0 Å². The number of ether oxygens (including phenoxy) is 1. The molecule has 0 fully saturated rings. The highest BCUT2D eigenvalue weighted by atomic mass is 16.6. The van der Waals surface area contributed by atoms with E-state index in [1.54, 1.807) is 42.5 Å². The van der Waals surface area contributed by atoms with E-state index in [9.17, 15) is 14.9 Å². The van der Waals surface area contributed by atoms with Crippen molar-refractivity contribution in [3.63, 3.8) is 0 Å². The van der Waals surface area contributed by atoms with Gasteiger partial charge in [-0.25, -0.2) is 0 Å². The van der Waals surface area contributed by atoms with Crippen LogP contribution in [0.4, 0.5) is 11.4 Å². The minimum absolute atomic E-state index is 0.0606. The zero-order chi connectivity index (χ0) is 19.2. The molecule has 6 nitrogen and oxygen atoms in total. The van der Waals surface area contributed by atoms with Crippen LogP contribution in [0.2, 0.25) is 0 Å². The molecule has 0 bridgehead atoms. The van der Waals surface area contributed by atoms with Gasteiger partial charge >= 0.3 is 0 Å². The number of rotatable bonds is 6. The van der Waals surface area contributed by atoms with Crippen LogP contribution >= 0.6 is 0 Å². The predicted octanol–water partition coefficient (Wildman–Crippen LogP) is 4.88. The van der Waals surface area contributed by atoms with Gasteiger partial charge in [-0.1, -0.05) is 30.3 Å². The van der Waals surface area contributed by atoms with E-state index < -0.39 is 4.92 Å². The molecule has 0 unspecified atom stereocenters. The first-order chi connectivity index (χ1) is 13.0. The van der Waals surface area contributed by atoms with Crippen LogP contribution in [0.25, 0.3) is 0 Å². The van der Waals surface area contributed by atoms with Crippen molar-refractivity contribution in [2.75, 3.05) is 5.32 Å². The summed E-state index contributed by atoms with van der Waals surface area (Å²) in [5.41, 5.74) is 2.01. The molecule has 0 atom stereocenters. The van der Waals surface area contributed by atoms with Gasteiger partial charge < -0.3 is 10.1 Å². The Morgan fingerprint density at radius 2 is 1.74 bits per heavy atom. The zero-order valence-electron chi connectivity index (χ0n) is 14.7. The van der Waals surface area contributed by atoms with E-state index in [4.69, 9.17) is 4.74 Å². The third kappa shape index (κ3) is 4.92. The molecule has 0 aliphatic rings. The number of hydrogen-bond donors (Lipinski definition) is 1. The number of carbonyl (C=O) groups is 1. The number of para-hydroxylation sites is 1. The Morgan fingerprint density at radius 1 is 1.00 bits per heavy atom. The summed E-state index contributed by atoms with van der Waals surface area (Å²) in [5.74, 6) is 1.07. The highest BCUT2D eigenvalue weighted by molar-refractivity contribution is 5.92. The molecule has 0 aliphatic carbocycles. The van der Waals surface area contributed by atoms with Gasteiger partial charge in [-0.15, -0.1) is 0 Å². The molecule has 3 rings (SSSR count). The minimum atomic E-state index is -0.486. The molecule has 0 spiro atoms. The standard InChI is InChI=1S/C21H18N2O4/c1-15-5-4-7-19(13-15)27-18-11-9-17(10-12-18)22-21(24)14-16-6-2-3-8-20(16)23(25)26/h2-13H,14H2,1H3,(H,22,24). The van der Waals surface area contributed by atoms with Crippen LogP contribution in [-0.4, -0.2) is 10.8 Å². The molecule has 1 amide bonds. The molecule has 0 heterocycles. The number of hydrogen-bond acceptors (Lipinski definition) is 4. The van der Waals surface area contributed by atoms with Crippen molar-refractivity contribution in [1.82, 2.24) is 0 Å². The van der Waals surface area contributed by atoms with Crippen molar-refractivity contribution in [2.45, 2.75) is 13.3 Å². The molecule has 3 aromatic carbocycles. The van der Waals surface area contributed by atoms with Gasteiger partial charge in [-0.3, -0.25) is 14.9 Å². The first-order valence-corrected chi connectivity index (χ1v) is 8.38. The van der Waals surface area contributed by atoms with Gasteiger partial charge in [0.15, 0.2) is 0 Å². The van der Waals surface area contributed by atoms with Crippen molar-refractivity contribution >= 4 is 17.3 Å². The smallest absolute Gasteiger partial charge is 0.273 e. The third-order valence-corrected chi connectivity index (χ3v) is 3.90. The molecule has 0 aromatic heterocycles. The number of carbonyl (C=O) groups excluding carboxylic acids is 1. The van der Waals surface area contributed by atoms with Gasteiger partial charge in [-0.05, 0) is 48.9 Å². The average Bonchev–Trinajstić information content (AvgIpc) is 2.63. The number of nitro benzene ring substituents is 1. The van der Waals surface area contributed by atoms with Gasteiger partial charge in [0, 0.05) is 17.3 Å². The molecule has 0 saturated carbocycles. The fourth-order valence-electron chi connectivity index (χ4n) is 2.64. The van der Waals surface area contributed by atoms with E-state index in [-0.39, 0.29) is 18.0 Å². The fraction of sp³-hybridized carbons (Fsp3) is 0.0952. The lowest BCUT2D eigenvalue weighted by atomic mass is 10.1. The van der Waals surface area contributed by atoms with Crippen molar-refractivity contribution in [3.05, 3.63) is 94.0 Å². The Morgan fingerprint density at radius 3 is 2.44 bits per heavy atom. The second-order valence-electron chi connectivity index (χ2n) is 6.05. The topological polar surface area (TPSA) is 81.5 Å². The van der Waals surface area contributed by atoms with Crippen LogP contribution < -0.4 is 10.1 Å². The summed E-state index contributed by atoms with van der Waals surface area (Å²) in [6.07, 6.45) is -0.0707. The molecule has 1 N–H and O–H groups in total. The van der Waals surface area contributed by atoms with Gasteiger partial charge in [0.05, 0.1) is 11.3 Å². The number of aryl methyl sites for hydroxylation is 1. The highest BCUT2D eigenvalue weighted by Crippen LogP contribution is 2.24. The van der Waals surface area contributed by atoms with E-state index in [0.717, 1.165) is 11.3 Å². The summed E-state index contributed by atoms with van der Waals surface area (Å²) in [6, 6.07) is 20.9. The predicted molar refractivity (Wildman–Crippen MR) is 103 cm³/mol. The summed E-state index contributed by atoms with van der Waals surface area (Å²) in [5, 5.41) is 13.8. The maximum Gasteiger partial charge on any atom is 0.273 e. The molecule has 6 heteroatoms. The summed E-state index contributed by atoms with van der Waals surface area (Å²) in [7, 11) is 0. The van der Waals surface area contributed by atoms with Crippen molar-refractivity contribution < 1.29 is 14.5 Å². The van der Waals surface area contributed by atoms with Crippen molar-refractivity contribution in [2.24, 2.45) is 0 Å². The number of anilines is 1. The summed E-state index contributed by atoms with van der Waals surface area (Å²) in [6.45, 7) is 1.99. The van der Waals surface area contributed by atoms with Gasteiger partial charge in [0.2, 0.25) is 5.91 Å². The lowest BCUT2D eigenvalue weighted by Crippen LogP contribution is -2.15. The van der Waals surface area contributed by atoms with E-state index >= 15 is 0 Å². The van der Waals surface area contributed by atoms with E-state index in [1.165, 1.54) is 6.07 Å². The lowest BCUT2D eigenvalue weighted by Gasteiger charge is -2.09. The minimum Gasteiger partial charge on any atom is -0.457 e. The van der Waals surface area contributed by atoms with Crippen molar-refractivity contribution in [1.29, 1.82) is 0 Å². The molecule has 0 radical (unpaired) electrons. The van der Waals surface area contributed by atoms with E-state index in [0.29, 0.717) is 17.0 Å². The van der Waals surface area contributed by atoms with Crippen LogP contribution in [0.5, 0.6) is 11.5 Å². The largest absolute Gasteiger partial charge is 0.457 e. The molecular weight excluding hydrogens is 344 g/mol. The van der Waals surface area contributed by atoms with Gasteiger partial charge in [0.25, 0.3) is 5.69 Å². The number of amides is 1. The third-order valence-electron chi connectivity index (χ3n) is 3.90. The van der Waals surface area contributed by atoms with Crippen LogP contribution in [-0.2, 0) is 11.2 Å². The average molecular weight is 362 g/mol. The number of nitrogens with one attached hydrogen (secondary N) is 1. The molecule has 0 aliphatic heterocycles. The maximum atomic E-state index is 12.2. The van der Waals surface area contributed by atoms with Crippen LogP contribution in [0.1, 0.15) is 11.1 Å². The van der Waals surface area contributed by atoms with E-state index in [1.807, 2.05) is 31.2 Å². The molecule has 27 heavy (non-hydrogen) atoms. The van der Waals surface area contributed by atoms with Crippen LogP contribution in [0, 0.1) is 17.0 Å². The Hall–Kier alpha value is -3.67.